The van der Waals surface area contributed by atoms with Crippen LogP contribution in [0.3, 0.4) is 0 Å². The van der Waals surface area contributed by atoms with Gasteiger partial charge in [0.15, 0.2) is 0 Å². The molecule has 5 heteroatoms. The number of imidazole rings is 1. The van der Waals surface area contributed by atoms with E-state index in [-0.39, 0.29) is 5.38 Å². The van der Waals surface area contributed by atoms with Gasteiger partial charge < -0.3 is 4.57 Å². The molecule has 2 heterocycles. The fraction of sp³-hybridized carbons (Fsp3) is 0.200. The van der Waals surface area contributed by atoms with Gasteiger partial charge in [0.05, 0.1) is 23.6 Å². The highest BCUT2D eigenvalue weighted by Gasteiger charge is 2.15. The van der Waals surface area contributed by atoms with Gasteiger partial charge in [-0.05, 0) is 24.6 Å². The molecule has 1 aromatic carbocycles. The second-order valence-corrected chi connectivity index (χ2v) is 5.69. The van der Waals surface area contributed by atoms with Crippen LogP contribution in [0.2, 0.25) is 5.02 Å². The van der Waals surface area contributed by atoms with Crippen LogP contribution in [-0.4, -0.2) is 14.5 Å². The Bertz CT molecular complexity index is 750. The molecule has 3 nitrogen and oxygen atoms in total. The topological polar surface area (TPSA) is 30.7 Å². The molecule has 1 unspecified atom stereocenters. The smallest absolute Gasteiger partial charge is 0.128 e. The van der Waals surface area contributed by atoms with Gasteiger partial charge >= 0.3 is 0 Å². The van der Waals surface area contributed by atoms with E-state index in [2.05, 4.69) is 14.5 Å². The molecule has 0 saturated carbocycles. The van der Waals surface area contributed by atoms with Gasteiger partial charge in [0.1, 0.15) is 11.3 Å². The molecular formula is C15H13Cl2N3. The van der Waals surface area contributed by atoms with Gasteiger partial charge in [-0.15, -0.1) is 11.6 Å². The number of rotatable bonds is 3. The quantitative estimate of drug-likeness (QED) is 0.670. The predicted molar refractivity (Wildman–Crippen MR) is 82.4 cm³/mol. The second kappa shape index (κ2) is 5.43. The zero-order valence-corrected chi connectivity index (χ0v) is 12.4. The van der Waals surface area contributed by atoms with Crippen LogP contribution in [0.15, 0.2) is 42.7 Å². The molecule has 102 valence electrons. The molecule has 20 heavy (non-hydrogen) atoms. The molecule has 0 radical (unpaired) electrons. The number of halogens is 2. The van der Waals surface area contributed by atoms with Crippen molar-refractivity contribution in [2.45, 2.75) is 18.8 Å². The summed E-state index contributed by atoms with van der Waals surface area (Å²) < 4.78 is 2.09. The largest absolute Gasteiger partial charge is 0.322 e. The Morgan fingerprint density at radius 2 is 2.05 bits per heavy atom. The number of alkyl halides is 1. The minimum atomic E-state index is -0.176. The third kappa shape index (κ3) is 2.39. The lowest BCUT2D eigenvalue weighted by Crippen LogP contribution is -2.06. The maximum atomic E-state index is 6.25. The van der Waals surface area contributed by atoms with Crippen LogP contribution < -0.4 is 0 Å². The molecule has 0 aliphatic carbocycles. The van der Waals surface area contributed by atoms with Crippen LogP contribution in [0.1, 0.15) is 23.7 Å². The van der Waals surface area contributed by atoms with Gasteiger partial charge in [-0.3, -0.25) is 4.98 Å². The highest BCUT2D eigenvalue weighted by atomic mass is 35.5. The lowest BCUT2D eigenvalue weighted by atomic mass is 10.2. The van der Waals surface area contributed by atoms with Crippen molar-refractivity contribution in [1.29, 1.82) is 0 Å². The number of fused-ring (bicyclic) bond motifs is 1. The molecule has 0 N–H and O–H groups in total. The number of benzene rings is 1. The van der Waals surface area contributed by atoms with E-state index in [1.165, 1.54) is 0 Å². The molecule has 2 aromatic heterocycles. The summed E-state index contributed by atoms with van der Waals surface area (Å²) in [4.78, 5) is 8.67. The normalized spacial score (nSPS) is 12.8. The maximum Gasteiger partial charge on any atom is 0.128 e. The number of hydrogen-bond acceptors (Lipinski definition) is 2. The fourth-order valence-corrected chi connectivity index (χ4v) is 2.63. The summed E-state index contributed by atoms with van der Waals surface area (Å²) in [6.45, 7) is 2.56. The minimum Gasteiger partial charge on any atom is -0.322 e. The SMILES string of the molecule is CC(Cl)c1nc2cnccc2n1Cc1ccccc1Cl. The molecule has 0 aliphatic rings. The first-order valence-electron chi connectivity index (χ1n) is 6.34. The summed E-state index contributed by atoms with van der Waals surface area (Å²) in [7, 11) is 0. The Balaban J connectivity index is 2.14. The van der Waals surface area contributed by atoms with Crippen LogP contribution in [-0.2, 0) is 6.54 Å². The molecule has 0 saturated heterocycles. The Hall–Kier alpha value is -1.58. The average molecular weight is 306 g/mol. The number of hydrogen-bond donors (Lipinski definition) is 0. The third-order valence-electron chi connectivity index (χ3n) is 3.22. The Morgan fingerprint density at radius 3 is 2.80 bits per heavy atom. The van der Waals surface area contributed by atoms with Crippen molar-refractivity contribution in [2.75, 3.05) is 0 Å². The summed E-state index contributed by atoms with van der Waals surface area (Å²) in [5.41, 5.74) is 2.91. The van der Waals surface area contributed by atoms with Crippen LogP contribution in [0.4, 0.5) is 0 Å². The Morgan fingerprint density at radius 1 is 1.25 bits per heavy atom. The minimum absolute atomic E-state index is 0.176. The number of nitrogens with zero attached hydrogens (tertiary/aromatic N) is 3. The van der Waals surface area contributed by atoms with Gasteiger partial charge in [-0.2, -0.15) is 0 Å². The molecule has 0 bridgehead atoms. The van der Waals surface area contributed by atoms with Crippen molar-refractivity contribution in [2.24, 2.45) is 0 Å². The van der Waals surface area contributed by atoms with Crippen molar-refractivity contribution >= 4 is 34.2 Å². The highest BCUT2D eigenvalue weighted by molar-refractivity contribution is 6.31. The van der Waals surface area contributed by atoms with Crippen molar-refractivity contribution < 1.29 is 0 Å². The van der Waals surface area contributed by atoms with E-state index >= 15 is 0 Å². The van der Waals surface area contributed by atoms with Gasteiger partial charge in [-0.25, -0.2) is 4.98 Å². The van der Waals surface area contributed by atoms with Crippen molar-refractivity contribution in [3.05, 3.63) is 59.1 Å². The number of aromatic nitrogens is 3. The molecule has 0 fully saturated rings. The van der Waals surface area contributed by atoms with Gasteiger partial charge in [0.25, 0.3) is 0 Å². The van der Waals surface area contributed by atoms with E-state index in [0.29, 0.717) is 6.54 Å². The summed E-state index contributed by atoms with van der Waals surface area (Å²) in [5, 5.41) is 0.571. The molecule has 0 amide bonds. The molecule has 3 rings (SSSR count). The first kappa shape index (κ1) is 13.4. The molecule has 0 spiro atoms. The van der Waals surface area contributed by atoms with Gasteiger partial charge in [0.2, 0.25) is 0 Å². The van der Waals surface area contributed by atoms with Crippen molar-refractivity contribution in [3.8, 4) is 0 Å². The zero-order chi connectivity index (χ0) is 14.1. The molecule has 1 atom stereocenters. The first-order valence-corrected chi connectivity index (χ1v) is 7.16. The van der Waals surface area contributed by atoms with E-state index in [1.807, 2.05) is 37.3 Å². The summed E-state index contributed by atoms with van der Waals surface area (Å²) >= 11 is 12.5. The van der Waals surface area contributed by atoms with E-state index in [0.717, 1.165) is 27.4 Å². The van der Waals surface area contributed by atoms with Gasteiger partial charge in [0, 0.05) is 11.2 Å². The van der Waals surface area contributed by atoms with E-state index in [4.69, 9.17) is 23.2 Å². The monoisotopic (exact) mass is 305 g/mol. The zero-order valence-electron chi connectivity index (χ0n) is 10.9. The fourth-order valence-electron chi connectivity index (χ4n) is 2.27. The van der Waals surface area contributed by atoms with Gasteiger partial charge in [-0.1, -0.05) is 29.8 Å². The standard InChI is InChI=1S/C15H13Cl2N3/c1-10(16)15-19-13-8-18-7-6-14(13)20(15)9-11-4-2-3-5-12(11)17/h2-8,10H,9H2,1H3. The predicted octanol–water partition coefficient (Wildman–Crippen LogP) is 4.43. The molecular weight excluding hydrogens is 293 g/mol. The highest BCUT2D eigenvalue weighted by Crippen LogP contribution is 2.26. The molecule has 3 aromatic rings. The van der Waals surface area contributed by atoms with Crippen molar-refractivity contribution in [1.82, 2.24) is 14.5 Å². The Kier molecular flexibility index (Phi) is 3.64. The van der Waals surface area contributed by atoms with Crippen LogP contribution in [0, 0.1) is 0 Å². The van der Waals surface area contributed by atoms with Crippen molar-refractivity contribution in [3.63, 3.8) is 0 Å². The summed E-state index contributed by atoms with van der Waals surface area (Å²) in [5.74, 6) is 0.828. The van der Waals surface area contributed by atoms with E-state index in [1.54, 1.807) is 12.4 Å². The van der Waals surface area contributed by atoms with Crippen LogP contribution in [0.25, 0.3) is 11.0 Å². The maximum absolute atomic E-state index is 6.25. The van der Waals surface area contributed by atoms with Crippen LogP contribution >= 0.6 is 23.2 Å². The third-order valence-corrected chi connectivity index (χ3v) is 3.79. The second-order valence-electron chi connectivity index (χ2n) is 4.63. The number of pyridine rings is 1. The summed E-state index contributed by atoms with van der Waals surface area (Å²) in [6.07, 6.45) is 3.51. The van der Waals surface area contributed by atoms with Crippen LogP contribution in [0.5, 0.6) is 0 Å². The lowest BCUT2D eigenvalue weighted by molar-refractivity contribution is 0.743. The average Bonchev–Trinajstić information content (AvgIpc) is 2.81. The lowest BCUT2D eigenvalue weighted by Gasteiger charge is -2.11. The first-order chi connectivity index (χ1) is 9.66. The molecule has 0 aliphatic heterocycles. The van der Waals surface area contributed by atoms with E-state index < -0.39 is 0 Å². The Labute approximate surface area is 127 Å². The van der Waals surface area contributed by atoms with E-state index in [9.17, 15) is 0 Å². The summed E-state index contributed by atoms with van der Waals surface area (Å²) in [6, 6.07) is 9.75.